The maximum Gasteiger partial charge on any atom is 0.153 e. The van der Waals surface area contributed by atoms with E-state index in [4.69, 9.17) is 28.9 Å². The zero-order chi connectivity index (χ0) is 11.6. The molecule has 15 heavy (non-hydrogen) atoms. The van der Waals surface area contributed by atoms with Gasteiger partial charge >= 0.3 is 0 Å². The average Bonchev–Trinajstić information content (AvgIpc) is 2.21. The molecular formula is C8H5Br2Cl2FN2. The van der Waals surface area contributed by atoms with Gasteiger partial charge in [-0.3, -0.25) is 0 Å². The van der Waals surface area contributed by atoms with E-state index < -0.39 is 5.82 Å². The van der Waals surface area contributed by atoms with Crippen molar-refractivity contribution in [1.82, 2.24) is 0 Å². The van der Waals surface area contributed by atoms with Gasteiger partial charge in [-0.1, -0.05) is 11.6 Å². The normalized spacial score (nSPS) is 11.9. The fourth-order valence-electron chi connectivity index (χ4n) is 0.833. The predicted octanol–water partition coefficient (Wildman–Crippen LogP) is 4.23. The summed E-state index contributed by atoms with van der Waals surface area (Å²) in [6, 6.07) is 1.40. The number of benzene rings is 1. The molecule has 2 N–H and O–H groups in total. The molecule has 1 aromatic rings. The second-order valence-corrected chi connectivity index (χ2v) is 4.88. The maximum absolute atomic E-state index is 13.4. The topological polar surface area (TPSA) is 38.4 Å². The van der Waals surface area contributed by atoms with Crippen LogP contribution in [-0.2, 0) is 0 Å². The number of halogens is 5. The highest BCUT2D eigenvalue weighted by atomic mass is 79.9. The van der Waals surface area contributed by atoms with Crippen molar-refractivity contribution >= 4 is 66.6 Å². The zero-order valence-corrected chi connectivity index (χ0v) is 11.9. The molecule has 1 aromatic carbocycles. The second kappa shape index (κ2) is 5.48. The van der Waals surface area contributed by atoms with Gasteiger partial charge in [0.05, 0.1) is 19.8 Å². The van der Waals surface area contributed by atoms with Crippen molar-refractivity contribution in [2.45, 2.75) is 0 Å². The van der Waals surface area contributed by atoms with E-state index in [0.29, 0.717) is 0 Å². The summed E-state index contributed by atoms with van der Waals surface area (Å²) in [5.74, 6) is -0.262. The first kappa shape index (κ1) is 13.2. The van der Waals surface area contributed by atoms with Gasteiger partial charge in [0.2, 0.25) is 0 Å². The minimum absolute atomic E-state index is 0.0560. The highest BCUT2D eigenvalue weighted by Gasteiger charge is 2.14. The molecule has 2 nitrogen and oxygen atoms in total. The summed E-state index contributed by atoms with van der Waals surface area (Å²) in [6.45, 7) is 0. The Morgan fingerprint density at radius 2 is 2.13 bits per heavy atom. The van der Waals surface area contributed by atoms with Crippen molar-refractivity contribution in [1.29, 1.82) is 0 Å². The highest BCUT2D eigenvalue weighted by molar-refractivity contribution is 9.11. The van der Waals surface area contributed by atoms with Gasteiger partial charge in [0.25, 0.3) is 0 Å². The van der Waals surface area contributed by atoms with Gasteiger partial charge in [0.1, 0.15) is 11.5 Å². The average molecular weight is 379 g/mol. The monoisotopic (exact) mass is 376 g/mol. The van der Waals surface area contributed by atoms with Gasteiger partial charge in [0, 0.05) is 0 Å². The minimum atomic E-state index is -0.486. The third kappa shape index (κ3) is 3.06. The SMILES string of the molecule is NC(CCl)=Nc1c(Cl)cc(Br)c(F)c1Br. The van der Waals surface area contributed by atoms with Crippen molar-refractivity contribution in [2.75, 3.05) is 5.88 Å². The quantitative estimate of drug-likeness (QED) is 0.270. The van der Waals surface area contributed by atoms with Crippen molar-refractivity contribution in [3.05, 3.63) is 25.9 Å². The van der Waals surface area contributed by atoms with E-state index in [-0.39, 0.29) is 31.4 Å². The zero-order valence-electron chi connectivity index (χ0n) is 7.20. The lowest BCUT2D eigenvalue weighted by molar-refractivity contribution is 0.615. The first-order valence-electron chi connectivity index (χ1n) is 3.69. The number of nitrogens with two attached hydrogens (primary N) is 1. The summed E-state index contributed by atoms with van der Waals surface area (Å²) in [5, 5.41) is 0.281. The Balaban J connectivity index is 3.36. The number of amidine groups is 1. The Morgan fingerprint density at radius 1 is 1.53 bits per heavy atom. The number of nitrogens with zero attached hydrogens (tertiary/aromatic N) is 1. The van der Waals surface area contributed by atoms with Crippen LogP contribution in [0.3, 0.4) is 0 Å². The fraction of sp³-hybridized carbons (Fsp3) is 0.125. The summed E-state index contributed by atoms with van der Waals surface area (Å²) in [4.78, 5) is 3.90. The molecular weight excluding hydrogens is 374 g/mol. The van der Waals surface area contributed by atoms with Crippen LogP contribution in [-0.4, -0.2) is 11.7 Å². The molecule has 0 fully saturated rings. The minimum Gasteiger partial charge on any atom is -0.386 e. The molecule has 0 atom stereocenters. The molecule has 0 heterocycles. The molecule has 0 aliphatic carbocycles. The standard InChI is InChI=1S/C8H5Br2Cl2FN2/c9-3-1-4(12)8(6(10)7(3)13)15-5(14)2-11/h1H,2H2,(H2,14,15). The van der Waals surface area contributed by atoms with Crippen LogP contribution in [0.2, 0.25) is 5.02 Å². The van der Waals surface area contributed by atoms with Crippen LogP contribution in [0.1, 0.15) is 0 Å². The Bertz CT molecular complexity index is 424. The van der Waals surface area contributed by atoms with Gasteiger partial charge in [-0.2, -0.15) is 0 Å². The number of rotatable bonds is 2. The van der Waals surface area contributed by atoms with Gasteiger partial charge in [-0.15, -0.1) is 11.6 Å². The smallest absolute Gasteiger partial charge is 0.153 e. The molecule has 0 bridgehead atoms. The number of alkyl halides is 1. The summed E-state index contributed by atoms with van der Waals surface area (Å²) in [5.41, 5.74) is 5.67. The molecule has 0 aliphatic rings. The largest absolute Gasteiger partial charge is 0.386 e. The lowest BCUT2D eigenvalue weighted by Gasteiger charge is -2.05. The molecule has 0 unspecified atom stereocenters. The fourth-order valence-corrected chi connectivity index (χ4v) is 2.59. The van der Waals surface area contributed by atoms with Crippen LogP contribution in [0.4, 0.5) is 10.1 Å². The number of hydrogen-bond acceptors (Lipinski definition) is 1. The Kier molecular flexibility index (Phi) is 4.83. The Hall–Kier alpha value is 0.160. The molecule has 82 valence electrons. The molecule has 0 radical (unpaired) electrons. The maximum atomic E-state index is 13.4. The predicted molar refractivity (Wildman–Crippen MR) is 68.8 cm³/mol. The molecule has 0 saturated heterocycles. The first-order valence-corrected chi connectivity index (χ1v) is 6.19. The van der Waals surface area contributed by atoms with E-state index in [1.807, 2.05) is 0 Å². The van der Waals surface area contributed by atoms with Gasteiger partial charge in [-0.05, 0) is 37.9 Å². The van der Waals surface area contributed by atoms with E-state index >= 15 is 0 Å². The van der Waals surface area contributed by atoms with Gasteiger partial charge in [0.15, 0.2) is 5.82 Å². The molecule has 0 amide bonds. The van der Waals surface area contributed by atoms with E-state index in [0.717, 1.165) is 0 Å². The van der Waals surface area contributed by atoms with Crippen LogP contribution >= 0.6 is 55.1 Å². The Morgan fingerprint density at radius 3 is 2.67 bits per heavy atom. The van der Waals surface area contributed by atoms with Crippen LogP contribution in [0.25, 0.3) is 0 Å². The molecule has 0 aromatic heterocycles. The molecule has 0 spiro atoms. The summed E-state index contributed by atoms with van der Waals surface area (Å²) < 4.78 is 13.8. The van der Waals surface area contributed by atoms with E-state index in [9.17, 15) is 4.39 Å². The highest BCUT2D eigenvalue weighted by Crippen LogP contribution is 2.39. The van der Waals surface area contributed by atoms with Crippen LogP contribution in [0.15, 0.2) is 20.0 Å². The molecule has 0 aliphatic heterocycles. The van der Waals surface area contributed by atoms with Crippen molar-refractivity contribution < 1.29 is 4.39 Å². The van der Waals surface area contributed by atoms with Crippen molar-refractivity contribution in [3.8, 4) is 0 Å². The third-order valence-electron chi connectivity index (χ3n) is 1.48. The molecule has 7 heteroatoms. The number of aliphatic imine (C=N–C) groups is 1. The van der Waals surface area contributed by atoms with Crippen molar-refractivity contribution in [3.63, 3.8) is 0 Å². The lowest BCUT2D eigenvalue weighted by atomic mass is 10.3. The van der Waals surface area contributed by atoms with Gasteiger partial charge in [-0.25, -0.2) is 9.38 Å². The third-order valence-corrected chi connectivity index (χ3v) is 3.34. The number of hydrogen-bond donors (Lipinski definition) is 1. The van der Waals surface area contributed by atoms with Gasteiger partial charge < -0.3 is 5.73 Å². The summed E-state index contributed by atoms with van der Waals surface area (Å²) in [6.07, 6.45) is 0. The Labute approximate surface area is 113 Å². The second-order valence-electron chi connectivity index (χ2n) is 2.55. The van der Waals surface area contributed by atoms with Crippen LogP contribution < -0.4 is 5.73 Å². The molecule has 1 rings (SSSR count). The lowest BCUT2D eigenvalue weighted by Crippen LogP contribution is -2.12. The summed E-state index contributed by atoms with van der Waals surface area (Å²) in [7, 11) is 0. The van der Waals surface area contributed by atoms with Crippen LogP contribution in [0.5, 0.6) is 0 Å². The first-order chi connectivity index (χ1) is 6.97. The van der Waals surface area contributed by atoms with E-state index in [1.165, 1.54) is 6.07 Å². The van der Waals surface area contributed by atoms with E-state index in [2.05, 4.69) is 36.9 Å². The van der Waals surface area contributed by atoms with Crippen molar-refractivity contribution in [2.24, 2.45) is 10.7 Å². The summed E-state index contributed by atoms with van der Waals surface area (Å²) >= 11 is 17.4. The van der Waals surface area contributed by atoms with Crippen LogP contribution in [0, 0.1) is 5.82 Å². The molecule has 0 saturated carbocycles. The van der Waals surface area contributed by atoms with E-state index in [1.54, 1.807) is 0 Å².